The van der Waals surface area contributed by atoms with E-state index in [1.54, 1.807) is 4.90 Å². The molecule has 1 heterocycles. The highest BCUT2D eigenvalue weighted by atomic mass is 79.9. The second-order valence-corrected chi connectivity index (χ2v) is 9.78. The molecule has 158 valence electrons. The Morgan fingerprint density at radius 3 is 2.60 bits per heavy atom. The molecule has 2 aromatic rings. The number of carbonyl (C=O) groups excluding carboxylic acids is 1. The van der Waals surface area contributed by atoms with Crippen molar-refractivity contribution >= 4 is 56.4 Å². The average Bonchev–Trinajstić information content (AvgIpc) is 2.96. The number of amides is 1. The number of halogens is 2. The van der Waals surface area contributed by atoms with Gasteiger partial charge in [0.15, 0.2) is 5.17 Å². The molecule has 0 aliphatic carbocycles. The number of carbonyl (C=O) groups is 1. The minimum Gasteiger partial charge on any atom is -0.488 e. The lowest BCUT2D eigenvalue weighted by Gasteiger charge is -2.20. The molecular formula is C23H24BrClN2O2S. The van der Waals surface area contributed by atoms with Crippen molar-refractivity contribution in [1.29, 1.82) is 0 Å². The molecule has 2 aromatic carbocycles. The highest BCUT2D eigenvalue weighted by Gasteiger charge is 2.35. The molecule has 1 aliphatic rings. The number of ether oxygens (including phenoxy) is 1. The van der Waals surface area contributed by atoms with Crippen molar-refractivity contribution in [2.45, 2.75) is 46.4 Å². The standard InChI is InChI=1S/C23H24BrClN2O2S/c1-14(2)26-23-27(15(3)4)22(28)21(30-23)12-17-11-18(24)9-10-20(17)29-13-16-7-5-6-8-19(16)25/h5-12,14-15H,13H2,1-4H3/b21-12+,26-23?. The Labute approximate surface area is 195 Å². The molecule has 0 saturated carbocycles. The second kappa shape index (κ2) is 10.0. The molecule has 0 radical (unpaired) electrons. The highest BCUT2D eigenvalue weighted by molar-refractivity contribution is 9.10. The van der Waals surface area contributed by atoms with Gasteiger partial charge in [-0.25, -0.2) is 0 Å². The first kappa shape index (κ1) is 22.9. The quantitative estimate of drug-likeness (QED) is 0.405. The molecular weight excluding hydrogens is 484 g/mol. The minimum atomic E-state index is -0.0357. The van der Waals surface area contributed by atoms with Gasteiger partial charge in [0.1, 0.15) is 12.4 Å². The summed E-state index contributed by atoms with van der Waals surface area (Å²) in [6, 6.07) is 13.5. The smallest absolute Gasteiger partial charge is 0.266 e. The summed E-state index contributed by atoms with van der Waals surface area (Å²) in [6.45, 7) is 8.35. The Kier molecular flexibility index (Phi) is 7.66. The Morgan fingerprint density at radius 1 is 1.20 bits per heavy atom. The molecule has 0 unspecified atom stereocenters. The lowest BCUT2D eigenvalue weighted by molar-refractivity contribution is -0.123. The fourth-order valence-corrected chi connectivity index (χ4v) is 4.72. The number of hydrogen-bond donors (Lipinski definition) is 0. The summed E-state index contributed by atoms with van der Waals surface area (Å²) in [5.74, 6) is 0.649. The van der Waals surface area contributed by atoms with E-state index in [0.29, 0.717) is 22.3 Å². The zero-order valence-corrected chi connectivity index (χ0v) is 20.5. The normalized spacial score (nSPS) is 17.1. The Balaban J connectivity index is 1.92. The zero-order chi connectivity index (χ0) is 21.8. The van der Waals surface area contributed by atoms with Crippen LogP contribution in [0.5, 0.6) is 5.75 Å². The fourth-order valence-electron chi connectivity index (χ4n) is 2.93. The third-order valence-corrected chi connectivity index (χ3v) is 6.18. The van der Waals surface area contributed by atoms with E-state index in [1.807, 2.05) is 76.2 Å². The zero-order valence-electron chi connectivity index (χ0n) is 17.4. The molecule has 0 aromatic heterocycles. The summed E-state index contributed by atoms with van der Waals surface area (Å²) in [5, 5.41) is 1.41. The van der Waals surface area contributed by atoms with E-state index in [2.05, 4.69) is 20.9 Å². The maximum absolute atomic E-state index is 13.0. The van der Waals surface area contributed by atoms with Gasteiger partial charge >= 0.3 is 0 Å². The topological polar surface area (TPSA) is 41.9 Å². The van der Waals surface area contributed by atoms with Crippen molar-refractivity contribution in [2.24, 2.45) is 4.99 Å². The van der Waals surface area contributed by atoms with Crippen LogP contribution in [0.4, 0.5) is 0 Å². The number of rotatable bonds is 6. The Hall–Kier alpha value is -1.76. The largest absolute Gasteiger partial charge is 0.488 e. The predicted octanol–water partition coefficient (Wildman–Crippen LogP) is 6.77. The first-order valence-electron chi connectivity index (χ1n) is 9.73. The summed E-state index contributed by atoms with van der Waals surface area (Å²) in [5.41, 5.74) is 1.73. The predicted molar refractivity (Wildman–Crippen MR) is 130 cm³/mol. The van der Waals surface area contributed by atoms with Gasteiger partial charge in [-0.1, -0.05) is 45.7 Å². The van der Waals surface area contributed by atoms with Crippen LogP contribution in [0.25, 0.3) is 6.08 Å². The molecule has 1 aliphatic heterocycles. The van der Waals surface area contributed by atoms with Gasteiger partial charge in [0.05, 0.1) is 4.91 Å². The highest BCUT2D eigenvalue weighted by Crippen LogP contribution is 2.36. The molecule has 0 atom stereocenters. The van der Waals surface area contributed by atoms with Gasteiger partial charge in [0.2, 0.25) is 0 Å². The average molecular weight is 508 g/mol. The maximum Gasteiger partial charge on any atom is 0.266 e. The third-order valence-electron chi connectivity index (χ3n) is 4.32. The lowest BCUT2D eigenvalue weighted by atomic mass is 10.1. The van der Waals surface area contributed by atoms with Gasteiger partial charge in [0.25, 0.3) is 5.91 Å². The number of aliphatic imine (C=N–C) groups is 1. The summed E-state index contributed by atoms with van der Waals surface area (Å²) < 4.78 is 6.96. The molecule has 30 heavy (non-hydrogen) atoms. The van der Waals surface area contributed by atoms with E-state index in [1.165, 1.54) is 11.8 Å². The fraction of sp³-hybridized carbons (Fsp3) is 0.304. The Morgan fingerprint density at radius 2 is 1.93 bits per heavy atom. The van der Waals surface area contributed by atoms with Crippen molar-refractivity contribution < 1.29 is 9.53 Å². The van der Waals surface area contributed by atoms with Gasteiger partial charge in [-0.2, -0.15) is 0 Å². The van der Waals surface area contributed by atoms with Crippen molar-refractivity contribution in [1.82, 2.24) is 4.90 Å². The van der Waals surface area contributed by atoms with E-state index in [9.17, 15) is 4.79 Å². The van der Waals surface area contributed by atoms with Crippen LogP contribution >= 0.6 is 39.3 Å². The molecule has 1 fully saturated rings. The van der Waals surface area contributed by atoms with Gasteiger partial charge < -0.3 is 4.74 Å². The lowest BCUT2D eigenvalue weighted by Crippen LogP contribution is -2.35. The van der Waals surface area contributed by atoms with E-state index in [0.717, 1.165) is 20.8 Å². The van der Waals surface area contributed by atoms with E-state index >= 15 is 0 Å². The molecule has 0 spiro atoms. The van der Waals surface area contributed by atoms with Crippen LogP contribution in [-0.2, 0) is 11.4 Å². The van der Waals surface area contributed by atoms with Crippen molar-refractivity contribution in [3.8, 4) is 5.75 Å². The molecule has 4 nitrogen and oxygen atoms in total. The summed E-state index contributed by atoms with van der Waals surface area (Å²) in [6.07, 6.45) is 1.87. The van der Waals surface area contributed by atoms with Crippen molar-refractivity contribution in [3.63, 3.8) is 0 Å². The third kappa shape index (κ3) is 5.48. The summed E-state index contributed by atoms with van der Waals surface area (Å²) in [4.78, 5) is 20.1. The van der Waals surface area contributed by atoms with Crippen LogP contribution < -0.4 is 4.74 Å². The van der Waals surface area contributed by atoms with Gasteiger partial charge in [-0.3, -0.25) is 14.7 Å². The number of thioether (sulfide) groups is 1. The molecule has 1 amide bonds. The van der Waals surface area contributed by atoms with E-state index in [4.69, 9.17) is 16.3 Å². The van der Waals surface area contributed by atoms with Crippen molar-refractivity contribution in [2.75, 3.05) is 0 Å². The Bertz CT molecular complexity index is 1000. The summed E-state index contributed by atoms with van der Waals surface area (Å²) >= 11 is 11.2. The van der Waals surface area contributed by atoms with Gasteiger partial charge in [-0.05, 0) is 69.8 Å². The molecule has 3 rings (SSSR count). The van der Waals surface area contributed by atoms with Gasteiger partial charge in [0, 0.05) is 32.7 Å². The first-order valence-corrected chi connectivity index (χ1v) is 11.7. The minimum absolute atomic E-state index is 0.0341. The van der Waals surface area contributed by atoms with Crippen LogP contribution in [0.15, 0.2) is 56.8 Å². The van der Waals surface area contributed by atoms with E-state index in [-0.39, 0.29) is 18.0 Å². The SMILES string of the molecule is CC(C)N=C1S/C(=C/c2cc(Br)ccc2OCc2ccccc2Cl)C(=O)N1C(C)C. The van der Waals surface area contributed by atoms with Crippen LogP contribution in [0.2, 0.25) is 5.02 Å². The van der Waals surface area contributed by atoms with Crippen LogP contribution in [-0.4, -0.2) is 28.1 Å². The first-order chi connectivity index (χ1) is 14.3. The molecule has 0 bridgehead atoms. The summed E-state index contributed by atoms with van der Waals surface area (Å²) in [7, 11) is 0. The number of hydrogen-bond acceptors (Lipinski definition) is 4. The maximum atomic E-state index is 13.0. The van der Waals surface area contributed by atoms with Crippen LogP contribution in [0.3, 0.4) is 0 Å². The molecule has 7 heteroatoms. The van der Waals surface area contributed by atoms with Gasteiger partial charge in [-0.15, -0.1) is 0 Å². The number of benzene rings is 2. The van der Waals surface area contributed by atoms with Crippen LogP contribution in [0, 0.1) is 0 Å². The second-order valence-electron chi connectivity index (χ2n) is 7.45. The number of amidine groups is 1. The molecule has 1 saturated heterocycles. The van der Waals surface area contributed by atoms with E-state index < -0.39 is 0 Å². The monoisotopic (exact) mass is 506 g/mol. The van der Waals surface area contributed by atoms with Crippen molar-refractivity contribution in [3.05, 3.63) is 68.0 Å². The van der Waals surface area contributed by atoms with Crippen LogP contribution in [0.1, 0.15) is 38.8 Å². The number of nitrogens with zero attached hydrogens (tertiary/aromatic N) is 2. The molecule has 0 N–H and O–H groups in total.